The van der Waals surface area contributed by atoms with Gasteiger partial charge < -0.3 is 4.90 Å². The van der Waals surface area contributed by atoms with Crippen LogP contribution in [0.15, 0.2) is 30.3 Å². The molecule has 0 aliphatic carbocycles. The number of rotatable bonds is 5. The minimum Gasteiger partial charge on any atom is -0.335 e. The van der Waals surface area contributed by atoms with Gasteiger partial charge in [0, 0.05) is 30.8 Å². The Kier molecular flexibility index (Phi) is 5.90. The summed E-state index contributed by atoms with van der Waals surface area (Å²) in [5.74, 6) is -0.612. The number of nitrogens with one attached hydrogen (secondary N) is 1. The summed E-state index contributed by atoms with van der Waals surface area (Å²) in [6, 6.07) is 6.05. The summed E-state index contributed by atoms with van der Waals surface area (Å²) < 4.78 is 38.5. The molecule has 0 aromatic heterocycles. The minimum atomic E-state index is -3.29. The van der Waals surface area contributed by atoms with E-state index in [0.717, 1.165) is 25.5 Å². The maximum Gasteiger partial charge on any atom is 0.246 e. The molecule has 1 aromatic carbocycles. The second-order valence-corrected chi connectivity index (χ2v) is 7.49. The van der Waals surface area contributed by atoms with Gasteiger partial charge in [0.25, 0.3) is 0 Å². The Morgan fingerprint density at radius 1 is 1.39 bits per heavy atom. The molecule has 1 saturated heterocycles. The van der Waals surface area contributed by atoms with E-state index in [2.05, 4.69) is 4.72 Å². The van der Waals surface area contributed by atoms with Gasteiger partial charge in [-0.2, -0.15) is 0 Å². The molecule has 23 heavy (non-hydrogen) atoms. The standard InChI is InChI=1S/C16H21FN2O3S/c1-23(21,22)18-12-14-7-4-5-11-19(14)16(20)10-9-13-6-2-3-8-15(13)17/h2-3,6,8-10,14,18H,4-5,7,11-12H2,1H3/b10-9+/t14-/m1/s1. The van der Waals surface area contributed by atoms with Crippen molar-refractivity contribution in [3.8, 4) is 0 Å². The van der Waals surface area contributed by atoms with Crippen LogP contribution in [0.4, 0.5) is 4.39 Å². The van der Waals surface area contributed by atoms with Crippen molar-refractivity contribution in [2.75, 3.05) is 19.3 Å². The van der Waals surface area contributed by atoms with E-state index in [-0.39, 0.29) is 24.3 Å². The molecule has 7 heteroatoms. The third kappa shape index (κ3) is 5.44. The molecule has 0 saturated carbocycles. The number of nitrogens with zero attached hydrogens (tertiary/aromatic N) is 1. The van der Waals surface area contributed by atoms with Crippen LogP contribution in [-0.4, -0.2) is 44.6 Å². The number of benzene rings is 1. The van der Waals surface area contributed by atoms with Crippen LogP contribution in [0, 0.1) is 5.82 Å². The molecule has 1 amide bonds. The first-order valence-electron chi connectivity index (χ1n) is 7.54. The lowest BCUT2D eigenvalue weighted by Gasteiger charge is -2.35. The molecular formula is C16H21FN2O3S. The highest BCUT2D eigenvalue weighted by molar-refractivity contribution is 7.88. The van der Waals surface area contributed by atoms with E-state index in [0.29, 0.717) is 12.1 Å². The van der Waals surface area contributed by atoms with Crippen LogP contribution in [0.1, 0.15) is 24.8 Å². The van der Waals surface area contributed by atoms with Gasteiger partial charge in [0.2, 0.25) is 15.9 Å². The fraction of sp³-hybridized carbons (Fsp3) is 0.438. The zero-order valence-corrected chi connectivity index (χ0v) is 13.9. The first kappa shape index (κ1) is 17.6. The maximum absolute atomic E-state index is 13.6. The molecule has 0 bridgehead atoms. The van der Waals surface area contributed by atoms with Gasteiger partial charge in [-0.1, -0.05) is 18.2 Å². The smallest absolute Gasteiger partial charge is 0.246 e. The van der Waals surface area contributed by atoms with Gasteiger partial charge in [-0.15, -0.1) is 0 Å². The molecule has 1 aliphatic heterocycles. The van der Waals surface area contributed by atoms with Gasteiger partial charge in [0.05, 0.1) is 6.26 Å². The molecule has 1 fully saturated rings. The quantitative estimate of drug-likeness (QED) is 0.831. The highest BCUT2D eigenvalue weighted by atomic mass is 32.2. The monoisotopic (exact) mass is 340 g/mol. The molecule has 1 aliphatic rings. The molecular weight excluding hydrogens is 319 g/mol. The largest absolute Gasteiger partial charge is 0.335 e. The molecule has 1 aromatic rings. The fourth-order valence-electron chi connectivity index (χ4n) is 2.62. The average Bonchev–Trinajstić information content (AvgIpc) is 2.51. The number of hydrogen-bond acceptors (Lipinski definition) is 3. The topological polar surface area (TPSA) is 66.5 Å². The van der Waals surface area contributed by atoms with Gasteiger partial charge in [-0.05, 0) is 31.4 Å². The molecule has 0 spiro atoms. The van der Waals surface area contributed by atoms with Crippen LogP contribution in [0.2, 0.25) is 0 Å². The SMILES string of the molecule is CS(=O)(=O)NC[C@H]1CCCCN1C(=O)/C=C/c1ccccc1F. The highest BCUT2D eigenvalue weighted by Gasteiger charge is 2.25. The normalized spacial score (nSPS) is 19.2. The molecule has 1 N–H and O–H groups in total. The average molecular weight is 340 g/mol. The van der Waals surface area contributed by atoms with Crippen molar-refractivity contribution in [1.82, 2.24) is 9.62 Å². The Hall–Kier alpha value is -1.73. The number of amides is 1. The van der Waals surface area contributed by atoms with Crippen molar-refractivity contribution in [2.45, 2.75) is 25.3 Å². The summed E-state index contributed by atoms with van der Waals surface area (Å²) in [4.78, 5) is 14.0. The lowest BCUT2D eigenvalue weighted by Crippen LogP contribution is -2.48. The van der Waals surface area contributed by atoms with Crippen LogP contribution in [0.3, 0.4) is 0 Å². The predicted octanol–water partition coefficient (Wildman–Crippen LogP) is 1.77. The Bertz CT molecular complexity index is 688. The maximum atomic E-state index is 13.6. The summed E-state index contributed by atoms with van der Waals surface area (Å²) >= 11 is 0. The lowest BCUT2D eigenvalue weighted by atomic mass is 10.0. The van der Waals surface area contributed by atoms with Gasteiger partial charge in [0.1, 0.15) is 5.82 Å². The van der Waals surface area contributed by atoms with Crippen molar-refractivity contribution in [3.05, 3.63) is 41.7 Å². The second-order valence-electron chi connectivity index (χ2n) is 5.66. The van der Waals surface area contributed by atoms with E-state index in [1.807, 2.05) is 0 Å². The van der Waals surface area contributed by atoms with Crippen LogP contribution in [0.25, 0.3) is 6.08 Å². The van der Waals surface area contributed by atoms with Crippen LogP contribution in [-0.2, 0) is 14.8 Å². The van der Waals surface area contributed by atoms with E-state index in [4.69, 9.17) is 0 Å². The minimum absolute atomic E-state index is 0.170. The molecule has 0 unspecified atom stereocenters. The Labute approximate surface area is 136 Å². The molecule has 0 radical (unpaired) electrons. The lowest BCUT2D eigenvalue weighted by molar-refractivity contribution is -0.129. The third-order valence-electron chi connectivity index (χ3n) is 3.80. The van der Waals surface area contributed by atoms with E-state index in [1.54, 1.807) is 23.1 Å². The third-order valence-corrected chi connectivity index (χ3v) is 4.49. The van der Waals surface area contributed by atoms with E-state index in [9.17, 15) is 17.6 Å². The van der Waals surface area contributed by atoms with E-state index in [1.165, 1.54) is 18.2 Å². The van der Waals surface area contributed by atoms with Crippen molar-refractivity contribution >= 4 is 22.0 Å². The summed E-state index contributed by atoms with van der Waals surface area (Å²) in [6.07, 6.45) is 6.48. The first-order valence-corrected chi connectivity index (χ1v) is 9.44. The molecule has 2 rings (SSSR count). The zero-order valence-electron chi connectivity index (χ0n) is 13.0. The Morgan fingerprint density at radius 3 is 2.83 bits per heavy atom. The molecule has 1 heterocycles. The number of halogens is 1. The second kappa shape index (κ2) is 7.70. The summed E-state index contributed by atoms with van der Waals surface area (Å²) in [6.45, 7) is 0.786. The number of carbonyl (C=O) groups is 1. The number of likely N-dealkylation sites (tertiary alicyclic amines) is 1. The predicted molar refractivity (Wildman–Crippen MR) is 87.6 cm³/mol. The van der Waals surface area contributed by atoms with Crippen LogP contribution < -0.4 is 4.72 Å². The summed E-state index contributed by atoms with van der Waals surface area (Å²) in [7, 11) is -3.29. The number of hydrogen-bond donors (Lipinski definition) is 1. The first-order chi connectivity index (χ1) is 10.9. The van der Waals surface area contributed by atoms with Gasteiger partial charge >= 0.3 is 0 Å². The van der Waals surface area contributed by atoms with Crippen LogP contribution in [0.5, 0.6) is 0 Å². The Balaban J connectivity index is 2.04. The van der Waals surface area contributed by atoms with Gasteiger partial charge in [0.15, 0.2) is 0 Å². The van der Waals surface area contributed by atoms with Crippen molar-refractivity contribution < 1.29 is 17.6 Å². The fourth-order valence-corrected chi connectivity index (χ4v) is 3.11. The molecule has 126 valence electrons. The number of piperidine rings is 1. The van der Waals surface area contributed by atoms with E-state index >= 15 is 0 Å². The van der Waals surface area contributed by atoms with Gasteiger partial charge in [-0.3, -0.25) is 4.79 Å². The highest BCUT2D eigenvalue weighted by Crippen LogP contribution is 2.18. The van der Waals surface area contributed by atoms with E-state index < -0.39 is 10.0 Å². The molecule has 5 nitrogen and oxygen atoms in total. The zero-order chi connectivity index (χ0) is 16.9. The van der Waals surface area contributed by atoms with Gasteiger partial charge in [-0.25, -0.2) is 17.5 Å². The van der Waals surface area contributed by atoms with Crippen molar-refractivity contribution in [1.29, 1.82) is 0 Å². The summed E-state index contributed by atoms with van der Waals surface area (Å²) in [5, 5.41) is 0. The van der Waals surface area contributed by atoms with Crippen molar-refractivity contribution in [3.63, 3.8) is 0 Å². The molecule has 1 atom stereocenters. The summed E-state index contributed by atoms with van der Waals surface area (Å²) in [5.41, 5.74) is 0.351. The van der Waals surface area contributed by atoms with Crippen molar-refractivity contribution in [2.24, 2.45) is 0 Å². The Morgan fingerprint density at radius 2 is 2.13 bits per heavy atom. The van der Waals surface area contributed by atoms with Crippen LogP contribution >= 0.6 is 0 Å². The number of sulfonamides is 1. The number of carbonyl (C=O) groups excluding carboxylic acids is 1.